The van der Waals surface area contributed by atoms with Crippen LogP contribution in [0, 0.1) is 13.8 Å². The van der Waals surface area contributed by atoms with Gasteiger partial charge >= 0.3 is 6.18 Å². The Balaban J connectivity index is 1.68. The fraction of sp³-hybridized carbons (Fsp3) is 0.542. The number of carbonyl (C=O) groups is 1. The standard InChI is InChI=1S/C24H29F3N4O3/c1-13-16(6-5-7-18(13)24(25,26)27)14(2)28-21-17(12-19(32)31-23(4)8-9-23)20(29-15(3)30-21)22-33-10-11-34-22/h5-7,14,22H,8-12H2,1-4H3,(H,31,32)(H,28,29,30). The molecule has 1 unspecified atom stereocenters. The number of aryl methyl sites for hydroxylation is 1. The minimum Gasteiger partial charge on any atom is -0.363 e. The number of amides is 1. The van der Waals surface area contributed by atoms with Crippen molar-refractivity contribution in [3.8, 4) is 0 Å². The van der Waals surface area contributed by atoms with Gasteiger partial charge in [-0.25, -0.2) is 9.97 Å². The largest absolute Gasteiger partial charge is 0.416 e. The van der Waals surface area contributed by atoms with Crippen LogP contribution in [-0.4, -0.2) is 34.6 Å². The fourth-order valence-corrected chi connectivity index (χ4v) is 4.19. The summed E-state index contributed by atoms with van der Waals surface area (Å²) in [4.78, 5) is 21.8. The molecule has 1 aromatic heterocycles. The van der Waals surface area contributed by atoms with Gasteiger partial charge in [-0.2, -0.15) is 13.2 Å². The van der Waals surface area contributed by atoms with Crippen LogP contribution in [0.3, 0.4) is 0 Å². The molecule has 1 atom stereocenters. The summed E-state index contributed by atoms with van der Waals surface area (Å²) >= 11 is 0. The summed E-state index contributed by atoms with van der Waals surface area (Å²) < 4.78 is 51.6. The molecule has 2 N–H and O–H groups in total. The molecule has 0 bridgehead atoms. The number of ether oxygens (including phenoxy) is 2. The molecule has 2 aromatic rings. The molecule has 1 saturated heterocycles. The van der Waals surface area contributed by atoms with E-state index in [9.17, 15) is 18.0 Å². The first-order chi connectivity index (χ1) is 16.0. The zero-order valence-electron chi connectivity index (χ0n) is 19.7. The van der Waals surface area contributed by atoms with Crippen LogP contribution in [0.15, 0.2) is 18.2 Å². The van der Waals surface area contributed by atoms with Crippen molar-refractivity contribution in [1.82, 2.24) is 15.3 Å². The third-order valence-corrected chi connectivity index (χ3v) is 6.28. The van der Waals surface area contributed by atoms with Gasteiger partial charge in [-0.1, -0.05) is 12.1 Å². The number of carbonyl (C=O) groups excluding carboxylic acids is 1. The quantitative estimate of drug-likeness (QED) is 0.608. The monoisotopic (exact) mass is 478 g/mol. The number of alkyl halides is 3. The molecule has 1 aliphatic heterocycles. The molecule has 10 heteroatoms. The van der Waals surface area contributed by atoms with E-state index in [0.29, 0.717) is 41.7 Å². The van der Waals surface area contributed by atoms with E-state index >= 15 is 0 Å². The third kappa shape index (κ3) is 5.33. The average molecular weight is 479 g/mol. The lowest BCUT2D eigenvalue weighted by atomic mass is 9.97. The van der Waals surface area contributed by atoms with Crippen LogP contribution in [-0.2, 0) is 26.9 Å². The van der Waals surface area contributed by atoms with Crippen molar-refractivity contribution < 1.29 is 27.4 Å². The normalized spacial score (nSPS) is 18.6. The molecule has 0 radical (unpaired) electrons. The zero-order valence-corrected chi connectivity index (χ0v) is 19.7. The number of anilines is 1. The second-order valence-corrected chi connectivity index (χ2v) is 9.23. The first-order valence-electron chi connectivity index (χ1n) is 11.3. The lowest BCUT2D eigenvalue weighted by Crippen LogP contribution is -2.36. The molecule has 7 nitrogen and oxygen atoms in total. The number of benzene rings is 1. The smallest absolute Gasteiger partial charge is 0.363 e. The van der Waals surface area contributed by atoms with Gasteiger partial charge in [0.25, 0.3) is 0 Å². The van der Waals surface area contributed by atoms with E-state index in [4.69, 9.17) is 9.47 Å². The van der Waals surface area contributed by atoms with E-state index in [2.05, 4.69) is 20.6 Å². The molecule has 2 fully saturated rings. The van der Waals surface area contributed by atoms with Crippen molar-refractivity contribution in [2.45, 2.75) is 71.0 Å². The van der Waals surface area contributed by atoms with Crippen molar-refractivity contribution in [1.29, 1.82) is 0 Å². The van der Waals surface area contributed by atoms with Crippen molar-refractivity contribution in [3.63, 3.8) is 0 Å². The van der Waals surface area contributed by atoms with E-state index in [1.807, 2.05) is 6.92 Å². The Hall–Kier alpha value is -2.72. The van der Waals surface area contributed by atoms with Crippen molar-refractivity contribution in [2.24, 2.45) is 0 Å². The Morgan fingerprint density at radius 2 is 1.88 bits per heavy atom. The third-order valence-electron chi connectivity index (χ3n) is 6.28. The minimum atomic E-state index is -4.45. The van der Waals surface area contributed by atoms with Crippen LogP contribution in [0.2, 0.25) is 0 Å². The predicted octanol–water partition coefficient (Wildman–Crippen LogP) is 4.54. The highest BCUT2D eigenvalue weighted by Gasteiger charge is 2.39. The van der Waals surface area contributed by atoms with Crippen LogP contribution in [0.1, 0.15) is 72.8 Å². The second-order valence-electron chi connectivity index (χ2n) is 9.23. The van der Waals surface area contributed by atoms with Gasteiger partial charge in [0.2, 0.25) is 12.2 Å². The van der Waals surface area contributed by atoms with E-state index in [1.54, 1.807) is 19.9 Å². The molecule has 1 aromatic carbocycles. The van der Waals surface area contributed by atoms with Gasteiger partial charge in [0.15, 0.2) is 0 Å². The van der Waals surface area contributed by atoms with Crippen LogP contribution >= 0.6 is 0 Å². The van der Waals surface area contributed by atoms with Gasteiger partial charge < -0.3 is 20.1 Å². The fourth-order valence-electron chi connectivity index (χ4n) is 4.19. The lowest BCUT2D eigenvalue weighted by molar-refractivity contribution is -0.138. The molecule has 4 rings (SSSR count). The number of rotatable bonds is 7. The Bertz CT molecular complexity index is 1080. The Labute approximate surface area is 196 Å². The molecule has 2 heterocycles. The number of nitrogens with one attached hydrogen (secondary N) is 2. The predicted molar refractivity (Wildman–Crippen MR) is 119 cm³/mol. The maximum atomic E-state index is 13.4. The average Bonchev–Trinajstić information content (AvgIpc) is 3.22. The van der Waals surface area contributed by atoms with Gasteiger partial charge in [-0.3, -0.25) is 4.79 Å². The van der Waals surface area contributed by atoms with E-state index < -0.39 is 24.1 Å². The number of aromatic nitrogens is 2. The Morgan fingerprint density at radius 3 is 2.50 bits per heavy atom. The first-order valence-corrected chi connectivity index (χ1v) is 11.3. The number of nitrogens with zero attached hydrogens (tertiary/aromatic N) is 2. The first kappa shape index (κ1) is 24.4. The van der Waals surface area contributed by atoms with E-state index in [-0.39, 0.29) is 23.4 Å². The van der Waals surface area contributed by atoms with Gasteiger partial charge in [-0.05, 0) is 57.7 Å². The summed E-state index contributed by atoms with van der Waals surface area (Å²) in [6.07, 6.45) is -3.35. The zero-order chi connectivity index (χ0) is 24.7. The molecule has 1 aliphatic carbocycles. The van der Waals surface area contributed by atoms with Crippen LogP contribution in [0.4, 0.5) is 19.0 Å². The SMILES string of the molecule is Cc1nc(NC(C)c2cccc(C(F)(F)F)c2C)c(CC(=O)NC2(C)CC2)c(C2OCCO2)n1. The highest BCUT2D eigenvalue weighted by Crippen LogP contribution is 2.37. The summed E-state index contributed by atoms with van der Waals surface area (Å²) in [6, 6.07) is 3.60. The van der Waals surface area contributed by atoms with Crippen LogP contribution in [0.5, 0.6) is 0 Å². The summed E-state index contributed by atoms with van der Waals surface area (Å²) in [5.41, 5.74) is 0.723. The summed E-state index contributed by atoms with van der Waals surface area (Å²) in [7, 11) is 0. The van der Waals surface area contributed by atoms with Gasteiger partial charge in [-0.15, -0.1) is 0 Å². The van der Waals surface area contributed by atoms with Crippen molar-refractivity contribution >= 4 is 11.7 Å². The molecule has 0 spiro atoms. The minimum absolute atomic E-state index is 0.00888. The number of hydrogen-bond acceptors (Lipinski definition) is 6. The van der Waals surface area contributed by atoms with Crippen molar-refractivity contribution in [2.75, 3.05) is 18.5 Å². The molecular formula is C24H29F3N4O3. The summed E-state index contributed by atoms with van der Waals surface area (Å²) in [5, 5.41) is 6.25. The topological polar surface area (TPSA) is 85.4 Å². The van der Waals surface area contributed by atoms with E-state index in [1.165, 1.54) is 13.0 Å². The molecular weight excluding hydrogens is 449 g/mol. The van der Waals surface area contributed by atoms with Crippen LogP contribution < -0.4 is 10.6 Å². The van der Waals surface area contributed by atoms with E-state index in [0.717, 1.165) is 18.9 Å². The van der Waals surface area contributed by atoms with Crippen molar-refractivity contribution in [3.05, 3.63) is 52.0 Å². The van der Waals surface area contributed by atoms with Gasteiger partial charge in [0.1, 0.15) is 17.3 Å². The number of halogens is 3. The maximum Gasteiger partial charge on any atom is 0.416 e. The molecule has 1 saturated carbocycles. The Morgan fingerprint density at radius 1 is 1.21 bits per heavy atom. The Kier molecular flexibility index (Phi) is 6.56. The highest BCUT2D eigenvalue weighted by atomic mass is 19.4. The molecule has 34 heavy (non-hydrogen) atoms. The van der Waals surface area contributed by atoms with Gasteiger partial charge in [0.05, 0.1) is 31.2 Å². The maximum absolute atomic E-state index is 13.4. The molecule has 184 valence electrons. The second kappa shape index (κ2) is 9.14. The summed E-state index contributed by atoms with van der Waals surface area (Å²) in [6.45, 7) is 7.71. The highest BCUT2D eigenvalue weighted by molar-refractivity contribution is 5.81. The molecule has 2 aliphatic rings. The molecule has 1 amide bonds. The van der Waals surface area contributed by atoms with Crippen LogP contribution in [0.25, 0.3) is 0 Å². The van der Waals surface area contributed by atoms with Gasteiger partial charge in [0, 0.05) is 11.1 Å². The summed E-state index contributed by atoms with van der Waals surface area (Å²) in [5.74, 6) is 0.627. The number of hydrogen-bond donors (Lipinski definition) is 2. The lowest BCUT2D eigenvalue weighted by Gasteiger charge is -2.24.